The SMILES string of the molecule is CCc1nc(NCc2c(F)cc(F)cc2F)nc(Nc2cc(C3CC3)[nH]n2)n1.CCc1nc(NCc2ccc(F)cc2Cl)nc(Nc2cc(C3CC3)[nH]n2)n1.CCc1nc(NCc2ccc(F)cc2F)nc(Nc2cc(C3CC3)[nH]n2)n1.[C-]#[N+]c1ccc(CNc2nc(CC)nc(Nc3cc(C4CC4)[nH]n3)n2)cc1. The minimum absolute atomic E-state index is 0.132. The van der Waals surface area contributed by atoms with Gasteiger partial charge < -0.3 is 42.5 Å². The van der Waals surface area contributed by atoms with Crippen LogP contribution in [0.15, 0.2) is 97.1 Å². The molecule has 16 rings (SSSR count). The second-order valence-corrected chi connectivity index (χ2v) is 26.4. The van der Waals surface area contributed by atoms with Crippen molar-refractivity contribution < 1.29 is 26.3 Å². The molecule has 36 heteroatoms. The molecule has 0 aliphatic heterocycles. The minimum Gasteiger partial charge on any atom is -0.350 e. The van der Waals surface area contributed by atoms with Gasteiger partial charge in [-0.2, -0.15) is 80.2 Å². The first-order valence-corrected chi connectivity index (χ1v) is 36.1. The molecule has 4 saturated carbocycles. The Morgan fingerprint density at radius 1 is 0.367 bits per heavy atom. The fourth-order valence-corrected chi connectivity index (χ4v) is 11.0. The molecule has 109 heavy (non-hydrogen) atoms. The Hall–Kier alpha value is -12.5. The van der Waals surface area contributed by atoms with Gasteiger partial charge in [0.2, 0.25) is 47.6 Å². The molecule has 8 aromatic heterocycles. The van der Waals surface area contributed by atoms with Crippen molar-refractivity contribution >= 4 is 88.1 Å². The molecule has 562 valence electrons. The first-order valence-electron chi connectivity index (χ1n) is 35.7. The zero-order chi connectivity index (χ0) is 75.9. The highest BCUT2D eigenvalue weighted by Crippen LogP contribution is 2.42. The fourth-order valence-electron chi connectivity index (χ4n) is 10.8. The van der Waals surface area contributed by atoms with Crippen molar-refractivity contribution in [3.05, 3.63) is 217 Å². The van der Waals surface area contributed by atoms with Crippen LogP contribution < -0.4 is 42.5 Å². The molecule has 4 fully saturated rings. The first-order chi connectivity index (χ1) is 52.9. The van der Waals surface area contributed by atoms with Gasteiger partial charge in [-0.15, -0.1) is 0 Å². The number of halogens is 7. The molecule has 0 atom stereocenters. The maximum atomic E-state index is 13.8. The number of rotatable bonds is 28. The number of nitrogens with one attached hydrogen (secondary N) is 12. The summed E-state index contributed by atoms with van der Waals surface area (Å²) in [6.07, 6.45) is 12.0. The Morgan fingerprint density at radius 3 is 1.03 bits per heavy atom. The summed E-state index contributed by atoms with van der Waals surface area (Å²) in [5.74, 6) is 5.76. The highest BCUT2D eigenvalue weighted by molar-refractivity contribution is 6.31. The van der Waals surface area contributed by atoms with E-state index in [2.05, 4.69) is 148 Å². The van der Waals surface area contributed by atoms with Crippen LogP contribution in [0.25, 0.3) is 4.85 Å². The van der Waals surface area contributed by atoms with Gasteiger partial charge in [0.1, 0.15) is 58.2 Å². The Morgan fingerprint density at radius 2 is 0.688 bits per heavy atom. The average molecular weight is 1510 g/mol. The first kappa shape index (κ1) is 74.8. The van der Waals surface area contributed by atoms with Gasteiger partial charge in [-0.3, -0.25) is 20.4 Å². The summed E-state index contributed by atoms with van der Waals surface area (Å²) in [7, 11) is 0. The van der Waals surface area contributed by atoms with Crippen LogP contribution in [0.3, 0.4) is 0 Å². The van der Waals surface area contributed by atoms with Crippen molar-refractivity contribution in [2.75, 3.05) is 42.5 Å². The van der Waals surface area contributed by atoms with Gasteiger partial charge in [0, 0.05) is 157 Å². The maximum Gasteiger partial charge on any atom is 0.233 e. The summed E-state index contributed by atoms with van der Waals surface area (Å²) in [4.78, 5) is 55.6. The molecule has 8 heterocycles. The van der Waals surface area contributed by atoms with Gasteiger partial charge in [0.15, 0.2) is 29.0 Å². The van der Waals surface area contributed by atoms with Crippen LogP contribution in [0.2, 0.25) is 5.02 Å². The molecule has 29 nitrogen and oxygen atoms in total. The van der Waals surface area contributed by atoms with E-state index in [1.807, 2.05) is 64.1 Å². The topological polar surface area (TPSA) is 370 Å². The van der Waals surface area contributed by atoms with E-state index in [0.29, 0.717) is 173 Å². The largest absolute Gasteiger partial charge is 0.350 e. The Kier molecular flexibility index (Phi) is 23.9. The molecule has 12 aromatic rings. The molecule has 0 saturated heterocycles. The van der Waals surface area contributed by atoms with Crippen molar-refractivity contribution in [1.82, 2.24) is 101 Å². The van der Waals surface area contributed by atoms with Crippen molar-refractivity contribution in [1.29, 1.82) is 0 Å². The number of aryl methyl sites for hydroxylation is 4. The Labute approximate surface area is 626 Å². The van der Waals surface area contributed by atoms with Crippen LogP contribution in [-0.2, 0) is 51.9 Å². The summed E-state index contributed by atoms with van der Waals surface area (Å²) in [6.45, 7) is 15.6. The van der Waals surface area contributed by atoms with E-state index in [0.717, 1.165) is 52.8 Å². The lowest BCUT2D eigenvalue weighted by atomic mass is 10.2. The summed E-state index contributed by atoms with van der Waals surface area (Å²) >= 11 is 6.07. The molecule has 0 radical (unpaired) electrons. The van der Waals surface area contributed by atoms with Gasteiger partial charge in [0.05, 0.1) is 6.57 Å². The molecule has 0 bridgehead atoms. The normalized spacial score (nSPS) is 13.5. The van der Waals surface area contributed by atoms with E-state index in [9.17, 15) is 26.3 Å². The second-order valence-electron chi connectivity index (χ2n) is 26.0. The fraction of sp³-hybridized carbons (Fsp3) is 0.329. The van der Waals surface area contributed by atoms with Crippen molar-refractivity contribution in [2.45, 2.75) is 155 Å². The Balaban J connectivity index is 0.000000128. The number of nitrogens with zero attached hydrogens (tertiary/aromatic N) is 17. The summed E-state index contributed by atoms with van der Waals surface area (Å²) in [5.41, 5.74) is 6.92. The predicted molar refractivity (Wildman–Crippen MR) is 398 cm³/mol. The molecule has 4 aliphatic carbocycles. The molecule has 0 unspecified atom stereocenters. The van der Waals surface area contributed by atoms with Crippen molar-refractivity contribution in [3.8, 4) is 0 Å². The van der Waals surface area contributed by atoms with Crippen molar-refractivity contribution in [3.63, 3.8) is 0 Å². The lowest BCUT2D eigenvalue weighted by molar-refractivity contribution is 0.526. The van der Waals surface area contributed by atoms with E-state index in [4.69, 9.17) is 18.2 Å². The Bertz CT molecular complexity index is 4970. The number of hydrogen-bond donors (Lipinski definition) is 12. The van der Waals surface area contributed by atoms with Crippen LogP contribution in [0, 0.1) is 41.5 Å². The average Bonchev–Trinajstić information content (AvgIpc) is 1.76. The zero-order valence-corrected chi connectivity index (χ0v) is 60.4. The predicted octanol–water partition coefficient (Wildman–Crippen LogP) is 15.6. The molecule has 4 aromatic carbocycles. The van der Waals surface area contributed by atoms with Crippen molar-refractivity contribution in [2.24, 2.45) is 0 Å². The quantitative estimate of drug-likeness (QED) is 0.0160. The number of hydrogen-bond acceptors (Lipinski definition) is 24. The molecule has 0 spiro atoms. The van der Waals surface area contributed by atoms with Gasteiger partial charge >= 0.3 is 0 Å². The lowest BCUT2D eigenvalue weighted by Gasteiger charge is -2.10. The van der Waals surface area contributed by atoms with Crippen LogP contribution in [-0.4, -0.2) is 101 Å². The van der Waals surface area contributed by atoms with Crippen LogP contribution in [0.4, 0.5) is 103 Å². The van der Waals surface area contributed by atoms with E-state index in [-0.39, 0.29) is 36.4 Å². The number of anilines is 12. The van der Waals surface area contributed by atoms with Crippen LogP contribution in [0.5, 0.6) is 0 Å². The number of aromatic amines is 4. The molecule has 0 amide bonds. The third-order valence-electron chi connectivity index (χ3n) is 17.4. The monoisotopic (exact) mass is 1510 g/mol. The number of H-pyrrole nitrogens is 4. The van der Waals surface area contributed by atoms with E-state index < -0.39 is 29.1 Å². The third-order valence-corrected chi connectivity index (χ3v) is 17.7. The van der Waals surface area contributed by atoms with E-state index in [1.54, 1.807) is 18.2 Å². The number of aromatic nitrogens is 20. The smallest absolute Gasteiger partial charge is 0.233 e. The number of benzene rings is 4. The van der Waals surface area contributed by atoms with E-state index in [1.165, 1.54) is 62.8 Å². The van der Waals surface area contributed by atoms with Crippen LogP contribution >= 0.6 is 11.6 Å². The molecule has 4 aliphatic rings. The summed E-state index contributed by atoms with van der Waals surface area (Å²) in [5, 5.41) is 53.9. The standard InChI is InChI=1S/C19H20N8.C18H19ClFN7.C18H18F3N7.C18H19F2N7/c1-3-16-22-18(21-11-12-4-8-14(20-2)9-5-12)25-19(23-16)24-17-10-15(26-27-17)13-6-7-13;1-2-15-22-17(21-9-11-5-6-12(20)7-13(11)19)25-18(23-15)24-16-8-14(26-27-16)10-3-4-10;1-2-15-23-17(22-8-11-12(20)5-10(19)6-13(11)21)26-18(24-15)25-16-7-14(27-28-16)9-3-4-9;1-2-15-22-17(21-9-11-5-6-12(19)7-13(11)20)25-18(23-15)24-16-8-14(26-27-16)10-3-4-10/h4-5,8-10,13H,3,6-7,11H2,1H3,(H3,21,22,23,24,25,26,27);5-8,10H,2-4,9H2,1H3,(H3,21,22,23,24,25,26,27);5-7,9H,2-4,8H2,1H3,(H3,22,23,24,25,26,27,28);5-8,10H,2-4,9H2,1H3,(H3,21,22,23,24,25,26,27). The highest BCUT2D eigenvalue weighted by atomic mass is 35.5. The van der Waals surface area contributed by atoms with Gasteiger partial charge in [-0.25, -0.2) is 31.2 Å². The molecule has 12 N–H and O–H groups in total. The highest BCUT2D eigenvalue weighted by Gasteiger charge is 2.29. The minimum atomic E-state index is -0.975. The maximum absolute atomic E-state index is 13.8. The summed E-state index contributed by atoms with van der Waals surface area (Å²) < 4.78 is 80.6. The van der Waals surface area contributed by atoms with Gasteiger partial charge in [0.25, 0.3) is 0 Å². The third kappa shape index (κ3) is 21.4. The lowest BCUT2D eigenvalue weighted by Crippen LogP contribution is -2.11. The summed E-state index contributed by atoms with van der Waals surface area (Å²) in [6, 6.07) is 24.3. The van der Waals surface area contributed by atoms with E-state index >= 15 is 0 Å². The zero-order valence-electron chi connectivity index (χ0n) is 59.6. The molecular formula is C73H76ClF6N29. The van der Waals surface area contributed by atoms with Crippen LogP contribution in [0.1, 0.15) is 171 Å². The molecular weight excluding hydrogens is 1430 g/mol. The van der Waals surface area contributed by atoms with Gasteiger partial charge in [-0.1, -0.05) is 75.7 Å². The van der Waals surface area contributed by atoms with Gasteiger partial charge in [-0.05, 0) is 80.7 Å². The second kappa shape index (κ2) is 34.8.